The average Bonchev–Trinajstić information content (AvgIpc) is 2.97. The van der Waals surface area contributed by atoms with E-state index in [1.165, 1.54) is 10.5 Å². The molecular weight excluding hydrogens is 362 g/mol. The molecule has 2 saturated heterocycles. The third kappa shape index (κ3) is 3.14. The number of aromatic nitrogens is 1. The van der Waals surface area contributed by atoms with E-state index in [2.05, 4.69) is 47.7 Å². The predicted molar refractivity (Wildman–Crippen MR) is 106 cm³/mol. The summed E-state index contributed by atoms with van der Waals surface area (Å²) in [7, 11) is 0. The molecule has 2 aromatic rings. The van der Waals surface area contributed by atoms with Crippen molar-refractivity contribution in [3.05, 3.63) is 29.8 Å². The molecule has 3 heterocycles. The second-order valence-corrected chi connectivity index (χ2v) is 8.35. The fraction of sp³-hybridized carbons (Fsp3) is 0.450. The summed E-state index contributed by atoms with van der Waals surface area (Å²) in [6.07, 6.45) is 3.38. The van der Waals surface area contributed by atoms with Crippen molar-refractivity contribution in [2.75, 3.05) is 24.2 Å². The van der Waals surface area contributed by atoms with Crippen LogP contribution in [0.3, 0.4) is 0 Å². The first kappa shape index (κ1) is 18.1. The topological polar surface area (TPSA) is 82.5 Å². The van der Waals surface area contributed by atoms with Gasteiger partial charge in [0, 0.05) is 29.8 Å². The van der Waals surface area contributed by atoms with Gasteiger partial charge in [-0.3, -0.25) is 9.59 Å². The van der Waals surface area contributed by atoms with Gasteiger partial charge < -0.3 is 15.3 Å². The molecule has 2 aliphatic heterocycles. The standard InChI is InChI=1S/C20H23N3O3S/c1-12-9-17(21-16-10-13(27-2)3-4-14(12)16)23-7-5-20(6-8-23)15(19(25)26)11-18(24)22-20/h3-4,9-10,15H,5-8,11H2,1-2H3,(H,22,24)(H,25,26)/t15-/m1/s1. The predicted octanol–water partition coefficient (Wildman–Crippen LogP) is 2.82. The Bertz CT molecular complexity index is 922. The first-order chi connectivity index (χ1) is 12.9. The van der Waals surface area contributed by atoms with Crippen LogP contribution in [-0.2, 0) is 9.59 Å². The van der Waals surface area contributed by atoms with Gasteiger partial charge in [0.25, 0.3) is 0 Å². The Morgan fingerprint density at radius 3 is 2.74 bits per heavy atom. The van der Waals surface area contributed by atoms with Gasteiger partial charge in [-0.2, -0.15) is 0 Å². The molecule has 0 aliphatic carbocycles. The minimum Gasteiger partial charge on any atom is -0.481 e. The number of amides is 1. The molecule has 1 atom stereocenters. The molecule has 1 aromatic heterocycles. The molecule has 2 fully saturated rings. The highest BCUT2D eigenvalue weighted by Gasteiger charge is 2.51. The summed E-state index contributed by atoms with van der Waals surface area (Å²) < 4.78 is 0. The molecule has 6 nitrogen and oxygen atoms in total. The van der Waals surface area contributed by atoms with E-state index in [0.717, 1.165) is 16.7 Å². The number of nitrogens with one attached hydrogen (secondary N) is 1. The maximum absolute atomic E-state index is 11.8. The van der Waals surface area contributed by atoms with Crippen LogP contribution in [0.1, 0.15) is 24.8 Å². The van der Waals surface area contributed by atoms with E-state index in [9.17, 15) is 14.7 Å². The second-order valence-electron chi connectivity index (χ2n) is 7.47. The number of benzene rings is 1. The zero-order valence-corrected chi connectivity index (χ0v) is 16.3. The third-order valence-corrected chi connectivity index (χ3v) is 6.66. The van der Waals surface area contributed by atoms with E-state index in [4.69, 9.17) is 4.98 Å². The molecule has 0 saturated carbocycles. The Kier molecular flexibility index (Phi) is 4.50. The highest BCUT2D eigenvalue weighted by Crippen LogP contribution is 2.38. The molecule has 1 aromatic carbocycles. The number of carboxylic acid groups (broad SMARTS) is 1. The Morgan fingerprint density at radius 2 is 2.07 bits per heavy atom. The van der Waals surface area contributed by atoms with Crippen molar-refractivity contribution in [2.24, 2.45) is 5.92 Å². The van der Waals surface area contributed by atoms with E-state index < -0.39 is 17.4 Å². The molecule has 27 heavy (non-hydrogen) atoms. The van der Waals surface area contributed by atoms with Crippen LogP contribution in [0.4, 0.5) is 5.82 Å². The van der Waals surface area contributed by atoms with E-state index in [1.807, 2.05) is 0 Å². The van der Waals surface area contributed by atoms with Crippen molar-refractivity contribution in [1.29, 1.82) is 0 Å². The molecule has 0 radical (unpaired) electrons. The fourth-order valence-electron chi connectivity index (χ4n) is 4.38. The molecule has 2 N–H and O–H groups in total. The molecule has 142 valence electrons. The maximum atomic E-state index is 11.8. The summed E-state index contributed by atoms with van der Waals surface area (Å²) >= 11 is 1.70. The van der Waals surface area contributed by atoms with Gasteiger partial charge in [0.15, 0.2) is 0 Å². The van der Waals surface area contributed by atoms with E-state index >= 15 is 0 Å². The van der Waals surface area contributed by atoms with Crippen LogP contribution in [0.2, 0.25) is 0 Å². The Balaban J connectivity index is 1.59. The van der Waals surface area contributed by atoms with Crippen molar-refractivity contribution >= 4 is 40.4 Å². The van der Waals surface area contributed by atoms with Crippen LogP contribution in [0.5, 0.6) is 0 Å². The second kappa shape index (κ2) is 6.71. The van der Waals surface area contributed by atoms with Crippen molar-refractivity contribution in [3.63, 3.8) is 0 Å². The molecule has 4 rings (SSSR count). The number of aryl methyl sites for hydroxylation is 1. The minimum atomic E-state index is -0.883. The van der Waals surface area contributed by atoms with Crippen molar-refractivity contribution in [3.8, 4) is 0 Å². The maximum Gasteiger partial charge on any atom is 0.309 e. The van der Waals surface area contributed by atoms with E-state index in [1.54, 1.807) is 11.8 Å². The molecular formula is C20H23N3O3S. The minimum absolute atomic E-state index is 0.0835. The van der Waals surface area contributed by atoms with Crippen molar-refractivity contribution in [1.82, 2.24) is 10.3 Å². The number of rotatable bonds is 3. The number of carbonyl (C=O) groups is 2. The lowest BCUT2D eigenvalue weighted by Gasteiger charge is -2.42. The number of piperidine rings is 1. The largest absolute Gasteiger partial charge is 0.481 e. The van der Waals surface area contributed by atoms with Gasteiger partial charge in [-0.1, -0.05) is 6.07 Å². The number of nitrogens with zero attached hydrogens (tertiary/aromatic N) is 2. The highest BCUT2D eigenvalue weighted by atomic mass is 32.2. The zero-order chi connectivity index (χ0) is 19.2. The molecule has 0 bridgehead atoms. The van der Waals surface area contributed by atoms with Crippen molar-refractivity contribution in [2.45, 2.75) is 36.6 Å². The van der Waals surface area contributed by atoms with Crippen molar-refractivity contribution < 1.29 is 14.7 Å². The first-order valence-electron chi connectivity index (χ1n) is 9.16. The van der Waals surface area contributed by atoms with Crippen LogP contribution in [0.15, 0.2) is 29.2 Å². The highest BCUT2D eigenvalue weighted by molar-refractivity contribution is 7.98. The number of pyridine rings is 1. The van der Waals surface area contributed by atoms with Crippen LogP contribution < -0.4 is 10.2 Å². The number of fused-ring (bicyclic) bond motifs is 1. The fourth-order valence-corrected chi connectivity index (χ4v) is 4.82. The summed E-state index contributed by atoms with van der Waals surface area (Å²) in [6, 6.07) is 8.44. The Morgan fingerprint density at radius 1 is 1.33 bits per heavy atom. The van der Waals surface area contributed by atoms with Gasteiger partial charge in [0.1, 0.15) is 5.82 Å². The van der Waals surface area contributed by atoms with Gasteiger partial charge in [-0.25, -0.2) is 4.98 Å². The number of hydrogen-bond donors (Lipinski definition) is 2. The Hall–Kier alpha value is -2.28. The average molecular weight is 385 g/mol. The number of aliphatic carboxylic acids is 1. The first-order valence-corrected chi connectivity index (χ1v) is 10.4. The number of anilines is 1. The molecule has 0 unspecified atom stereocenters. The molecule has 7 heteroatoms. The number of hydrogen-bond acceptors (Lipinski definition) is 5. The summed E-state index contributed by atoms with van der Waals surface area (Å²) in [5.74, 6) is -0.752. The summed E-state index contributed by atoms with van der Waals surface area (Å²) in [6.45, 7) is 3.46. The molecule has 2 aliphatic rings. The quantitative estimate of drug-likeness (QED) is 0.791. The van der Waals surface area contributed by atoms with Gasteiger partial charge in [0.05, 0.1) is 17.0 Å². The molecule has 1 spiro atoms. The SMILES string of the molecule is CSc1ccc2c(C)cc(N3CCC4(CC3)NC(=O)C[C@@H]4C(=O)O)nc2c1. The number of carboxylic acids is 1. The monoisotopic (exact) mass is 385 g/mol. The smallest absolute Gasteiger partial charge is 0.309 e. The zero-order valence-electron chi connectivity index (χ0n) is 15.5. The van der Waals surface area contributed by atoms with Gasteiger partial charge in [-0.05, 0) is 49.8 Å². The van der Waals surface area contributed by atoms with Crippen LogP contribution in [0.25, 0.3) is 10.9 Å². The van der Waals surface area contributed by atoms with Gasteiger partial charge >= 0.3 is 5.97 Å². The summed E-state index contributed by atoms with van der Waals surface area (Å²) in [5.41, 5.74) is 1.55. The third-order valence-electron chi connectivity index (χ3n) is 5.93. The number of thioether (sulfide) groups is 1. The van der Waals surface area contributed by atoms with Gasteiger partial charge in [0.2, 0.25) is 5.91 Å². The van der Waals surface area contributed by atoms with E-state index in [0.29, 0.717) is 25.9 Å². The lowest BCUT2D eigenvalue weighted by molar-refractivity contribution is -0.144. The summed E-state index contributed by atoms with van der Waals surface area (Å²) in [5, 5.41) is 13.6. The number of carbonyl (C=O) groups excluding carboxylic acids is 1. The van der Waals surface area contributed by atoms with Crippen LogP contribution in [-0.4, -0.2) is 46.9 Å². The van der Waals surface area contributed by atoms with Crippen LogP contribution >= 0.6 is 11.8 Å². The Labute approximate surface area is 162 Å². The van der Waals surface area contributed by atoms with E-state index in [-0.39, 0.29) is 12.3 Å². The van der Waals surface area contributed by atoms with Crippen LogP contribution in [0, 0.1) is 12.8 Å². The molecule has 1 amide bonds. The summed E-state index contributed by atoms with van der Waals surface area (Å²) in [4.78, 5) is 31.7. The normalized spacial score (nSPS) is 21.6. The lowest BCUT2D eigenvalue weighted by atomic mass is 9.77. The van der Waals surface area contributed by atoms with Gasteiger partial charge in [-0.15, -0.1) is 11.8 Å². The lowest BCUT2D eigenvalue weighted by Crippen LogP contribution is -2.55.